The van der Waals surface area contributed by atoms with E-state index in [-0.39, 0.29) is 23.8 Å². The van der Waals surface area contributed by atoms with Crippen molar-refractivity contribution in [2.24, 2.45) is 0 Å². The number of carbonyl (C=O) groups is 2. The molecular weight excluding hydrogens is 334 g/mol. The maximum Gasteiger partial charge on any atom is 0.356 e. The molecule has 1 aliphatic rings. The van der Waals surface area contributed by atoms with Crippen molar-refractivity contribution in [1.82, 2.24) is 4.98 Å². The largest absolute Gasteiger partial charge is 0.464 e. The average molecular weight is 360 g/mol. The van der Waals surface area contributed by atoms with Crippen LogP contribution in [0.3, 0.4) is 0 Å². The molecule has 1 saturated heterocycles. The molecule has 0 spiro atoms. The van der Waals surface area contributed by atoms with Crippen LogP contribution in [0, 0.1) is 6.92 Å². The van der Waals surface area contributed by atoms with E-state index in [4.69, 9.17) is 9.47 Å². The Bertz CT molecular complexity index is 820. The van der Waals surface area contributed by atoms with Crippen molar-refractivity contribution in [2.75, 3.05) is 32.1 Å². The summed E-state index contributed by atoms with van der Waals surface area (Å²) >= 11 is 0. The molecule has 0 radical (unpaired) electrons. The van der Waals surface area contributed by atoms with Crippen molar-refractivity contribution in [2.45, 2.75) is 33.0 Å². The predicted molar refractivity (Wildman–Crippen MR) is 98.6 cm³/mol. The Morgan fingerprint density at radius 2 is 2.00 bits per heavy atom. The number of ether oxygens (including phenoxy) is 2. The fourth-order valence-corrected chi connectivity index (χ4v) is 3.75. The summed E-state index contributed by atoms with van der Waals surface area (Å²) in [5.41, 5.74) is 2.53. The van der Waals surface area contributed by atoms with E-state index < -0.39 is 5.97 Å². The molecule has 140 valence electrons. The Balaban J connectivity index is 1.85. The number of benzene rings is 1. The second-order valence-electron chi connectivity index (χ2n) is 7.00. The highest BCUT2D eigenvalue weighted by Gasteiger charge is 2.28. The van der Waals surface area contributed by atoms with Crippen LogP contribution in [0.25, 0.3) is 10.9 Å². The molecule has 0 aliphatic carbocycles. The summed E-state index contributed by atoms with van der Waals surface area (Å²) in [7, 11) is 1.33. The van der Waals surface area contributed by atoms with E-state index in [1.165, 1.54) is 12.0 Å². The average Bonchev–Trinajstić information content (AvgIpc) is 2.92. The van der Waals surface area contributed by atoms with E-state index in [1.54, 1.807) is 0 Å². The minimum atomic E-state index is -0.503. The van der Waals surface area contributed by atoms with Crippen LogP contribution in [0.2, 0.25) is 0 Å². The van der Waals surface area contributed by atoms with Crippen LogP contribution in [0.5, 0.6) is 0 Å². The quantitative estimate of drug-likeness (QED) is 0.707. The van der Waals surface area contributed by atoms with Crippen molar-refractivity contribution in [3.63, 3.8) is 0 Å². The van der Waals surface area contributed by atoms with E-state index in [2.05, 4.69) is 10.3 Å². The molecule has 1 aromatic heterocycles. The molecule has 3 rings (SSSR count). The second-order valence-corrected chi connectivity index (χ2v) is 7.00. The number of fused-ring (bicyclic) bond motifs is 1. The number of anilines is 1. The van der Waals surface area contributed by atoms with E-state index in [0.717, 1.165) is 29.6 Å². The monoisotopic (exact) mass is 360 g/mol. The van der Waals surface area contributed by atoms with Gasteiger partial charge in [0.15, 0.2) is 6.54 Å². The number of hydrogen-bond acceptors (Lipinski definition) is 4. The third-order valence-electron chi connectivity index (χ3n) is 4.71. The molecule has 1 amide bonds. The molecule has 26 heavy (non-hydrogen) atoms. The zero-order valence-corrected chi connectivity index (χ0v) is 15.6. The molecule has 2 aromatic rings. The molecule has 0 unspecified atom stereocenters. The molecule has 3 N–H and O–H groups in total. The van der Waals surface area contributed by atoms with Gasteiger partial charge in [0.05, 0.1) is 12.8 Å². The van der Waals surface area contributed by atoms with Gasteiger partial charge in [-0.15, -0.1) is 0 Å². The molecule has 0 bridgehead atoms. The number of H-pyrrole nitrogens is 1. The lowest BCUT2D eigenvalue weighted by Gasteiger charge is -2.31. The summed E-state index contributed by atoms with van der Waals surface area (Å²) in [4.78, 5) is 29.1. The zero-order chi connectivity index (χ0) is 18.8. The van der Waals surface area contributed by atoms with Crippen LogP contribution in [-0.4, -0.2) is 55.8 Å². The first-order chi connectivity index (χ1) is 12.4. The lowest BCUT2D eigenvalue weighted by Crippen LogP contribution is -3.16. The Hall–Kier alpha value is -2.38. The highest BCUT2D eigenvalue weighted by Crippen LogP contribution is 2.31. The number of nitrogens with one attached hydrogen (secondary N) is 3. The van der Waals surface area contributed by atoms with Gasteiger partial charge < -0.3 is 24.7 Å². The minimum absolute atomic E-state index is 0.127. The third-order valence-corrected chi connectivity index (χ3v) is 4.71. The van der Waals surface area contributed by atoms with Gasteiger partial charge >= 0.3 is 5.97 Å². The van der Waals surface area contributed by atoms with Crippen molar-refractivity contribution < 1.29 is 24.0 Å². The Kier molecular flexibility index (Phi) is 5.29. The Morgan fingerprint density at radius 1 is 1.31 bits per heavy atom. The zero-order valence-electron chi connectivity index (χ0n) is 15.6. The first-order valence-corrected chi connectivity index (χ1v) is 8.87. The minimum Gasteiger partial charge on any atom is -0.464 e. The lowest BCUT2D eigenvalue weighted by molar-refractivity contribution is -0.907. The SMILES string of the molecule is COC(=O)c1[nH]c2cccc(C)c2c1NC(=O)C[NH+]1C[C@@H](C)O[C@H](C)C1. The van der Waals surface area contributed by atoms with Gasteiger partial charge in [0.25, 0.3) is 5.91 Å². The van der Waals surface area contributed by atoms with Gasteiger partial charge in [-0.1, -0.05) is 12.1 Å². The van der Waals surface area contributed by atoms with E-state index in [1.807, 2.05) is 39.0 Å². The van der Waals surface area contributed by atoms with E-state index in [9.17, 15) is 9.59 Å². The van der Waals surface area contributed by atoms with Gasteiger partial charge in [0.2, 0.25) is 0 Å². The first kappa shape index (κ1) is 18.4. The van der Waals surface area contributed by atoms with Crippen molar-refractivity contribution in [1.29, 1.82) is 0 Å². The highest BCUT2D eigenvalue weighted by atomic mass is 16.5. The maximum absolute atomic E-state index is 12.7. The predicted octanol–water partition coefficient (Wildman–Crippen LogP) is 0.894. The molecule has 2 heterocycles. The summed E-state index contributed by atoms with van der Waals surface area (Å²) in [6.45, 7) is 7.89. The van der Waals surface area contributed by atoms with Crippen LogP contribution in [0.15, 0.2) is 18.2 Å². The van der Waals surface area contributed by atoms with Crippen LogP contribution < -0.4 is 10.2 Å². The Morgan fingerprint density at radius 3 is 2.65 bits per heavy atom. The smallest absolute Gasteiger partial charge is 0.356 e. The Labute approximate surface area is 152 Å². The van der Waals surface area contributed by atoms with Crippen molar-refractivity contribution in [3.8, 4) is 0 Å². The number of hydrogen-bond donors (Lipinski definition) is 3. The molecular formula is C19H26N3O4+. The van der Waals surface area contributed by atoms with Gasteiger partial charge in [0, 0.05) is 10.9 Å². The number of methoxy groups -OCH3 is 1. The van der Waals surface area contributed by atoms with Crippen LogP contribution in [-0.2, 0) is 14.3 Å². The fraction of sp³-hybridized carbons (Fsp3) is 0.474. The number of carbonyl (C=O) groups excluding carboxylic acids is 2. The normalized spacial score (nSPS) is 23.0. The van der Waals surface area contributed by atoms with Crippen molar-refractivity contribution in [3.05, 3.63) is 29.5 Å². The number of aromatic nitrogens is 1. The van der Waals surface area contributed by atoms with Gasteiger partial charge in [-0.05, 0) is 32.4 Å². The number of quaternary nitrogens is 1. The standard InChI is InChI=1S/C19H25N3O4/c1-11-6-5-7-14-16(11)17(18(20-14)19(24)25-4)21-15(23)10-22-8-12(2)26-13(3)9-22/h5-7,12-13,20H,8-10H2,1-4H3,(H,21,23)/p+1/t12-,13-/m1/s1. The fourth-order valence-electron chi connectivity index (χ4n) is 3.75. The van der Waals surface area contributed by atoms with Crippen LogP contribution in [0.1, 0.15) is 29.9 Å². The third kappa shape index (κ3) is 3.73. The summed E-state index contributed by atoms with van der Waals surface area (Å²) in [5, 5.41) is 3.77. The molecule has 7 nitrogen and oxygen atoms in total. The van der Waals surface area contributed by atoms with E-state index in [0.29, 0.717) is 12.2 Å². The van der Waals surface area contributed by atoms with Crippen LogP contribution in [0.4, 0.5) is 5.69 Å². The highest BCUT2D eigenvalue weighted by molar-refractivity contribution is 6.12. The number of esters is 1. The number of aryl methyl sites for hydroxylation is 1. The van der Waals surface area contributed by atoms with Crippen LogP contribution >= 0.6 is 0 Å². The number of aromatic amines is 1. The molecule has 1 aromatic carbocycles. The summed E-state index contributed by atoms with van der Waals surface area (Å²) < 4.78 is 10.6. The summed E-state index contributed by atoms with van der Waals surface area (Å²) in [6.07, 6.45) is 0.255. The van der Waals surface area contributed by atoms with Gasteiger partial charge in [-0.25, -0.2) is 4.79 Å². The number of rotatable bonds is 4. The molecule has 1 aliphatic heterocycles. The molecule has 2 atom stereocenters. The summed E-state index contributed by atoms with van der Waals surface area (Å²) in [6, 6.07) is 5.73. The lowest BCUT2D eigenvalue weighted by atomic mass is 10.1. The number of amides is 1. The molecule has 1 fully saturated rings. The first-order valence-electron chi connectivity index (χ1n) is 8.87. The summed E-state index contributed by atoms with van der Waals surface area (Å²) in [5.74, 6) is -0.632. The van der Waals surface area contributed by atoms with Gasteiger partial charge in [-0.3, -0.25) is 4.79 Å². The molecule has 0 saturated carbocycles. The van der Waals surface area contributed by atoms with Gasteiger partial charge in [-0.2, -0.15) is 0 Å². The molecule has 7 heteroatoms. The number of morpholine rings is 1. The maximum atomic E-state index is 12.7. The van der Waals surface area contributed by atoms with Crippen molar-refractivity contribution >= 4 is 28.5 Å². The van der Waals surface area contributed by atoms with Gasteiger partial charge in [0.1, 0.15) is 31.0 Å². The topological polar surface area (TPSA) is 84.9 Å². The second kappa shape index (κ2) is 7.47. The van der Waals surface area contributed by atoms with E-state index >= 15 is 0 Å².